The van der Waals surface area contributed by atoms with Crippen LogP contribution in [0.5, 0.6) is 0 Å². The molecule has 0 aromatic carbocycles. The van der Waals surface area contributed by atoms with Crippen molar-refractivity contribution in [3.05, 3.63) is 29.2 Å². The average Bonchev–Trinajstić information content (AvgIpc) is 3.10. The van der Waals surface area contributed by atoms with Gasteiger partial charge in [-0.3, -0.25) is 9.59 Å². The van der Waals surface area contributed by atoms with Crippen molar-refractivity contribution in [2.24, 2.45) is 0 Å². The molecule has 3 heterocycles. The van der Waals surface area contributed by atoms with Crippen LogP contribution in [0.3, 0.4) is 0 Å². The van der Waals surface area contributed by atoms with E-state index in [4.69, 9.17) is 0 Å². The second-order valence-electron chi connectivity index (χ2n) is 6.69. The summed E-state index contributed by atoms with van der Waals surface area (Å²) in [4.78, 5) is 30.5. The Balaban J connectivity index is 1.87. The molecule has 0 bridgehead atoms. The lowest BCUT2D eigenvalue weighted by molar-refractivity contribution is -0.119. The molecule has 2 aromatic heterocycles. The Kier molecular flexibility index (Phi) is 4.26. The van der Waals surface area contributed by atoms with Crippen LogP contribution in [-0.4, -0.2) is 49.9 Å². The van der Waals surface area contributed by atoms with Crippen molar-refractivity contribution in [3.63, 3.8) is 0 Å². The van der Waals surface area contributed by atoms with Crippen LogP contribution in [0, 0.1) is 13.8 Å². The first-order chi connectivity index (χ1) is 11.3. The van der Waals surface area contributed by atoms with Gasteiger partial charge in [0.15, 0.2) is 11.3 Å². The largest absolute Gasteiger partial charge is 0.352 e. The van der Waals surface area contributed by atoms with Gasteiger partial charge in [0.2, 0.25) is 5.91 Å². The van der Waals surface area contributed by atoms with Crippen LogP contribution in [0.2, 0.25) is 0 Å². The van der Waals surface area contributed by atoms with Gasteiger partial charge in [-0.1, -0.05) is 0 Å². The number of carbonyl (C=O) groups excluding carboxylic acids is 2. The Labute approximate surface area is 141 Å². The molecule has 1 aliphatic rings. The van der Waals surface area contributed by atoms with E-state index in [0.717, 1.165) is 17.8 Å². The van der Waals surface area contributed by atoms with Crippen molar-refractivity contribution >= 4 is 17.5 Å². The summed E-state index contributed by atoms with van der Waals surface area (Å²) in [7, 11) is 0. The van der Waals surface area contributed by atoms with Gasteiger partial charge in [-0.2, -0.15) is 5.10 Å². The fraction of sp³-hybridized carbons (Fsp3) is 0.529. The highest BCUT2D eigenvalue weighted by Crippen LogP contribution is 2.15. The maximum Gasteiger partial charge on any atom is 0.274 e. The Morgan fingerprint density at radius 2 is 2.17 bits per heavy atom. The Bertz CT molecular complexity index is 796. The fourth-order valence-electron chi connectivity index (χ4n) is 3.12. The summed E-state index contributed by atoms with van der Waals surface area (Å²) >= 11 is 0. The SMILES string of the molecule is Cc1cc(C)n2nc(C(=O)N(C[C@@H]3CCC(=O)N3)C(C)C)cc2n1. The van der Waals surface area contributed by atoms with E-state index < -0.39 is 0 Å². The zero-order chi connectivity index (χ0) is 17.4. The number of aryl methyl sites for hydroxylation is 2. The molecular weight excluding hydrogens is 306 g/mol. The summed E-state index contributed by atoms with van der Waals surface area (Å²) in [5.41, 5.74) is 2.90. The smallest absolute Gasteiger partial charge is 0.274 e. The van der Waals surface area contributed by atoms with Crippen LogP contribution in [0.15, 0.2) is 12.1 Å². The molecule has 1 N–H and O–H groups in total. The first-order valence-corrected chi connectivity index (χ1v) is 8.29. The monoisotopic (exact) mass is 329 g/mol. The number of rotatable bonds is 4. The summed E-state index contributed by atoms with van der Waals surface area (Å²) in [6.07, 6.45) is 1.29. The maximum absolute atomic E-state index is 12.9. The van der Waals surface area contributed by atoms with Crippen LogP contribution < -0.4 is 5.32 Å². The molecule has 24 heavy (non-hydrogen) atoms. The number of amides is 2. The first kappa shape index (κ1) is 16.4. The van der Waals surface area contributed by atoms with Crippen molar-refractivity contribution in [1.82, 2.24) is 24.8 Å². The molecule has 0 radical (unpaired) electrons. The number of hydrogen-bond acceptors (Lipinski definition) is 4. The van der Waals surface area contributed by atoms with E-state index in [1.807, 2.05) is 33.8 Å². The lowest BCUT2D eigenvalue weighted by atomic mass is 10.1. The third kappa shape index (κ3) is 3.11. The summed E-state index contributed by atoms with van der Waals surface area (Å²) < 4.78 is 1.69. The predicted molar refractivity (Wildman–Crippen MR) is 89.8 cm³/mol. The topological polar surface area (TPSA) is 79.6 Å². The molecule has 2 amide bonds. The number of hydrogen-bond donors (Lipinski definition) is 1. The maximum atomic E-state index is 12.9. The van der Waals surface area contributed by atoms with E-state index in [1.54, 1.807) is 15.5 Å². The second-order valence-corrected chi connectivity index (χ2v) is 6.69. The lowest BCUT2D eigenvalue weighted by Gasteiger charge is -2.28. The molecule has 1 saturated heterocycles. The molecule has 7 nitrogen and oxygen atoms in total. The molecule has 0 saturated carbocycles. The van der Waals surface area contributed by atoms with Gasteiger partial charge in [-0.05, 0) is 40.2 Å². The van der Waals surface area contributed by atoms with Gasteiger partial charge in [-0.15, -0.1) is 0 Å². The van der Waals surface area contributed by atoms with Gasteiger partial charge in [0, 0.05) is 42.5 Å². The molecular formula is C17H23N5O2. The van der Waals surface area contributed by atoms with Crippen molar-refractivity contribution in [2.45, 2.75) is 52.6 Å². The van der Waals surface area contributed by atoms with Gasteiger partial charge < -0.3 is 10.2 Å². The normalized spacial score (nSPS) is 17.5. The van der Waals surface area contributed by atoms with Gasteiger partial charge in [-0.25, -0.2) is 9.50 Å². The van der Waals surface area contributed by atoms with E-state index in [1.165, 1.54) is 0 Å². The minimum Gasteiger partial charge on any atom is -0.352 e. The zero-order valence-corrected chi connectivity index (χ0v) is 14.5. The van der Waals surface area contributed by atoms with E-state index in [9.17, 15) is 9.59 Å². The number of aromatic nitrogens is 3. The number of carbonyl (C=O) groups is 2. The van der Waals surface area contributed by atoms with Crippen LogP contribution >= 0.6 is 0 Å². The molecule has 0 spiro atoms. The molecule has 1 atom stereocenters. The summed E-state index contributed by atoms with van der Waals surface area (Å²) in [5.74, 6) is -0.0760. The molecule has 128 valence electrons. The quantitative estimate of drug-likeness (QED) is 0.921. The van der Waals surface area contributed by atoms with Crippen LogP contribution in [0.25, 0.3) is 5.65 Å². The average molecular weight is 329 g/mol. The molecule has 2 aromatic rings. The summed E-state index contributed by atoms with van der Waals surface area (Å²) in [6, 6.07) is 3.70. The van der Waals surface area contributed by atoms with Crippen LogP contribution in [-0.2, 0) is 4.79 Å². The minimum absolute atomic E-state index is 0.0167. The van der Waals surface area contributed by atoms with Crippen molar-refractivity contribution < 1.29 is 9.59 Å². The third-order valence-corrected chi connectivity index (χ3v) is 4.34. The minimum atomic E-state index is -0.131. The highest BCUT2D eigenvalue weighted by molar-refractivity contribution is 5.93. The van der Waals surface area contributed by atoms with E-state index in [2.05, 4.69) is 15.4 Å². The molecule has 3 rings (SSSR count). The van der Waals surface area contributed by atoms with E-state index in [-0.39, 0.29) is 23.9 Å². The third-order valence-electron chi connectivity index (χ3n) is 4.34. The Hall–Kier alpha value is -2.44. The molecule has 0 unspecified atom stereocenters. The van der Waals surface area contributed by atoms with E-state index in [0.29, 0.717) is 24.3 Å². The first-order valence-electron chi connectivity index (χ1n) is 8.29. The van der Waals surface area contributed by atoms with Gasteiger partial charge in [0.25, 0.3) is 5.91 Å². The highest BCUT2D eigenvalue weighted by atomic mass is 16.2. The van der Waals surface area contributed by atoms with Gasteiger partial charge in [0.1, 0.15) is 0 Å². The zero-order valence-electron chi connectivity index (χ0n) is 14.5. The van der Waals surface area contributed by atoms with Crippen LogP contribution in [0.1, 0.15) is 48.6 Å². The fourth-order valence-corrected chi connectivity index (χ4v) is 3.12. The summed E-state index contributed by atoms with van der Waals surface area (Å²) in [5, 5.41) is 7.34. The highest BCUT2D eigenvalue weighted by Gasteiger charge is 2.28. The molecule has 1 aliphatic heterocycles. The predicted octanol–water partition coefficient (Wildman–Crippen LogP) is 1.48. The van der Waals surface area contributed by atoms with Crippen LogP contribution in [0.4, 0.5) is 0 Å². The Morgan fingerprint density at radius 3 is 2.79 bits per heavy atom. The van der Waals surface area contributed by atoms with Crippen molar-refractivity contribution in [1.29, 1.82) is 0 Å². The molecule has 1 fully saturated rings. The van der Waals surface area contributed by atoms with Gasteiger partial charge in [0.05, 0.1) is 0 Å². The second kappa shape index (κ2) is 6.22. The standard InChI is InChI=1S/C17H23N5O2/c1-10(2)21(9-13-5-6-16(23)19-13)17(24)14-8-15-18-11(3)7-12(4)22(15)20-14/h7-8,10,13H,5-6,9H2,1-4H3,(H,19,23)/t13-/m0/s1. The number of nitrogens with zero attached hydrogens (tertiary/aromatic N) is 4. The summed E-state index contributed by atoms with van der Waals surface area (Å²) in [6.45, 7) is 8.31. The molecule has 0 aliphatic carbocycles. The number of fused-ring (bicyclic) bond motifs is 1. The number of nitrogens with one attached hydrogen (secondary N) is 1. The van der Waals surface area contributed by atoms with Crippen molar-refractivity contribution in [3.8, 4) is 0 Å². The van der Waals surface area contributed by atoms with Gasteiger partial charge >= 0.3 is 0 Å². The lowest BCUT2D eigenvalue weighted by Crippen LogP contribution is -2.45. The molecule has 7 heteroatoms. The Morgan fingerprint density at radius 1 is 1.42 bits per heavy atom. The van der Waals surface area contributed by atoms with E-state index >= 15 is 0 Å². The van der Waals surface area contributed by atoms with Crippen molar-refractivity contribution in [2.75, 3.05) is 6.54 Å².